The molecule has 11 heteroatoms. The van der Waals surface area contributed by atoms with Gasteiger partial charge in [0.1, 0.15) is 0 Å². The zero-order chi connectivity index (χ0) is 16.2. The van der Waals surface area contributed by atoms with E-state index in [-0.39, 0.29) is 11.6 Å². The predicted octanol–water partition coefficient (Wildman–Crippen LogP) is 1.83. The molecule has 1 heterocycles. The maximum absolute atomic E-state index is 12.4. The number of halogens is 3. The van der Waals surface area contributed by atoms with Crippen LogP contribution >= 0.6 is 0 Å². The van der Waals surface area contributed by atoms with E-state index in [1.165, 1.54) is 18.3 Å². The van der Waals surface area contributed by atoms with E-state index in [2.05, 4.69) is 30.8 Å². The Kier molecular flexibility index (Phi) is 4.25. The SMILES string of the molecule is Nc1nonc1NC(=O)NN=Cc1ccc(C(F)(F)F)cc1. The molecule has 1 aromatic heterocycles. The summed E-state index contributed by atoms with van der Waals surface area (Å²) in [6.07, 6.45) is -3.23. The molecule has 1 aromatic carbocycles. The summed E-state index contributed by atoms with van der Waals surface area (Å²) in [6, 6.07) is 3.47. The third-order valence-electron chi connectivity index (χ3n) is 2.36. The molecule has 0 aliphatic heterocycles. The summed E-state index contributed by atoms with van der Waals surface area (Å²) in [7, 11) is 0. The number of rotatable bonds is 3. The summed E-state index contributed by atoms with van der Waals surface area (Å²) in [4.78, 5) is 11.4. The standard InChI is InChI=1S/C11H9F3N6O2/c12-11(13,14)7-3-1-6(2-4-7)5-16-18-10(21)17-9-8(15)19-22-20-9/h1-5H,(H2,15,19)(H2,17,18,20,21). The lowest BCUT2D eigenvalue weighted by Gasteiger charge is -2.05. The molecular weight excluding hydrogens is 305 g/mol. The molecular formula is C11H9F3N6O2. The zero-order valence-corrected chi connectivity index (χ0v) is 10.8. The van der Waals surface area contributed by atoms with Crippen LogP contribution in [-0.2, 0) is 6.18 Å². The monoisotopic (exact) mass is 314 g/mol. The Hall–Kier alpha value is -3.11. The van der Waals surface area contributed by atoms with Crippen LogP contribution in [-0.4, -0.2) is 22.6 Å². The van der Waals surface area contributed by atoms with E-state index in [1.54, 1.807) is 0 Å². The summed E-state index contributed by atoms with van der Waals surface area (Å²) in [5.74, 6) is -0.191. The number of urea groups is 1. The highest BCUT2D eigenvalue weighted by Gasteiger charge is 2.29. The summed E-state index contributed by atoms with van der Waals surface area (Å²) in [6.45, 7) is 0. The summed E-state index contributed by atoms with van der Waals surface area (Å²) in [5, 5.41) is 12.3. The van der Waals surface area contributed by atoms with Crippen molar-refractivity contribution in [3.8, 4) is 0 Å². The third-order valence-corrected chi connectivity index (χ3v) is 2.36. The highest BCUT2D eigenvalue weighted by atomic mass is 19.4. The van der Waals surface area contributed by atoms with Gasteiger partial charge in [-0.25, -0.2) is 14.8 Å². The van der Waals surface area contributed by atoms with Crippen LogP contribution in [0.5, 0.6) is 0 Å². The van der Waals surface area contributed by atoms with Crippen LogP contribution in [0.2, 0.25) is 0 Å². The molecule has 22 heavy (non-hydrogen) atoms. The second kappa shape index (κ2) is 6.11. The molecule has 0 aliphatic rings. The molecule has 4 N–H and O–H groups in total. The van der Waals surface area contributed by atoms with Crippen molar-refractivity contribution in [1.29, 1.82) is 0 Å². The van der Waals surface area contributed by atoms with E-state index in [9.17, 15) is 18.0 Å². The van der Waals surface area contributed by atoms with Gasteiger partial charge in [-0.2, -0.15) is 18.3 Å². The van der Waals surface area contributed by atoms with Crippen molar-refractivity contribution < 1.29 is 22.6 Å². The fourth-order valence-corrected chi connectivity index (χ4v) is 1.34. The number of aromatic nitrogens is 2. The number of hydrogen-bond acceptors (Lipinski definition) is 6. The van der Waals surface area contributed by atoms with E-state index in [0.717, 1.165) is 12.1 Å². The molecule has 0 fully saturated rings. The number of nitrogens with one attached hydrogen (secondary N) is 2. The van der Waals surface area contributed by atoms with Gasteiger partial charge in [-0.15, -0.1) is 0 Å². The molecule has 0 saturated heterocycles. The summed E-state index contributed by atoms with van der Waals surface area (Å²) < 4.78 is 41.3. The largest absolute Gasteiger partial charge is 0.416 e. The highest BCUT2D eigenvalue weighted by molar-refractivity contribution is 5.91. The fourth-order valence-electron chi connectivity index (χ4n) is 1.34. The third kappa shape index (κ3) is 3.94. The average Bonchev–Trinajstić information content (AvgIpc) is 2.84. The first kappa shape index (κ1) is 15.3. The Morgan fingerprint density at radius 3 is 2.50 bits per heavy atom. The van der Waals surface area contributed by atoms with Gasteiger partial charge in [-0.1, -0.05) is 12.1 Å². The second-order valence-corrected chi connectivity index (χ2v) is 3.94. The number of nitrogen functional groups attached to an aromatic ring is 1. The van der Waals surface area contributed by atoms with Crippen LogP contribution in [0.15, 0.2) is 34.0 Å². The van der Waals surface area contributed by atoms with E-state index >= 15 is 0 Å². The topological polar surface area (TPSA) is 118 Å². The number of anilines is 2. The Balaban J connectivity index is 1.89. The Morgan fingerprint density at radius 1 is 1.27 bits per heavy atom. The van der Waals surface area contributed by atoms with Crippen LogP contribution in [0, 0.1) is 0 Å². The van der Waals surface area contributed by atoms with Gasteiger partial charge in [-0.05, 0) is 28.0 Å². The van der Waals surface area contributed by atoms with Gasteiger partial charge in [0.2, 0.25) is 11.6 Å². The van der Waals surface area contributed by atoms with Gasteiger partial charge < -0.3 is 5.73 Å². The van der Waals surface area contributed by atoms with Crippen molar-refractivity contribution in [2.75, 3.05) is 11.1 Å². The molecule has 0 atom stereocenters. The van der Waals surface area contributed by atoms with Crippen molar-refractivity contribution >= 4 is 23.9 Å². The maximum atomic E-state index is 12.4. The first-order valence-electron chi connectivity index (χ1n) is 5.71. The molecule has 0 saturated carbocycles. The van der Waals surface area contributed by atoms with Crippen molar-refractivity contribution in [3.05, 3.63) is 35.4 Å². The molecule has 2 amide bonds. The van der Waals surface area contributed by atoms with E-state index in [4.69, 9.17) is 5.73 Å². The van der Waals surface area contributed by atoms with Crippen LogP contribution in [0.25, 0.3) is 0 Å². The number of carbonyl (C=O) groups is 1. The Morgan fingerprint density at radius 2 is 1.95 bits per heavy atom. The lowest BCUT2D eigenvalue weighted by atomic mass is 10.1. The van der Waals surface area contributed by atoms with Crippen molar-refractivity contribution in [1.82, 2.24) is 15.7 Å². The van der Waals surface area contributed by atoms with Crippen LogP contribution < -0.4 is 16.5 Å². The normalized spacial score (nSPS) is 11.6. The second-order valence-electron chi connectivity index (χ2n) is 3.94. The van der Waals surface area contributed by atoms with Gasteiger partial charge in [-0.3, -0.25) is 5.32 Å². The number of nitrogens with two attached hydrogens (primary N) is 1. The number of hydrogen-bond donors (Lipinski definition) is 3. The Labute approximate surface area is 121 Å². The minimum Gasteiger partial charge on any atom is -0.378 e. The molecule has 0 aliphatic carbocycles. The van der Waals surface area contributed by atoms with E-state index in [1.807, 2.05) is 0 Å². The maximum Gasteiger partial charge on any atom is 0.416 e. The quantitative estimate of drug-likeness (QED) is 0.590. The average molecular weight is 314 g/mol. The zero-order valence-electron chi connectivity index (χ0n) is 10.8. The highest BCUT2D eigenvalue weighted by Crippen LogP contribution is 2.28. The van der Waals surface area contributed by atoms with Crippen LogP contribution in [0.1, 0.15) is 11.1 Å². The number of nitrogens with zero attached hydrogens (tertiary/aromatic N) is 3. The van der Waals surface area contributed by atoms with E-state index < -0.39 is 17.8 Å². The van der Waals surface area contributed by atoms with Crippen molar-refractivity contribution in [2.45, 2.75) is 6.18 Å². The lowest BCUT2D eigenvalue weighted by Crippen LogP contribution is -2.24. The number of hydrazone groups is 1. The number of amides is 2. The van der Waals surface area contributed by atoms with Crippen LogP contribution in [0.4, 0.5) is 29.6 Å². The first-order valence-corrected chi connectivity index (χ1v) is 5.71. The number of carbonyl (C=O) groups excluding carboxylic acids is 1. The first-order chi connectivity index (χ1) is 10.4. The summed E-state index contributed by atoms with van der Waals surface area (Å²) in [5.41, 5.74) is 6.99. The minimum absolute atomic E-state index is 0.0813. The molecule has 0 radical (unpaired) electrons. The van der Waals surface area contributed by atoms with E-state index in [0.29, 0.717) is 5.56 Å². The molecule has 8 nitrogen and oxygen atoms in total. The van der Waals surface area contributed by atoms with Gasteiger partial charge in [0, 0.05) is 0 Å². The van der Waals surface area contributed by atoms with Crippen molar-refractivity contribution in [2.24, 2.45) is 5.10 Å². The molecule has 0 unspecified atom stereocenters. The fraction of sp³-hybridized carbons (Fsp3) is 0.0909. The van der Waals surface area contributed by atoms with Gasteiger partial charge in [0.15, 0.2) is 0 Å². The molecule has 0 bridgehead atoms. The summed E-state index contributed by atoms with van der Waals surface area (Å²) >= 11 is 0. The van der Waals surface area contributed by atoms with Gasteiger partial charge in [0.25, 0.3) is 0 Å². The van der Waals surface area contributed by atoms with Gasteiger partial charge >= 0.3 is 12.2 Å². The predicted molar refractivity (Wildman–Crippen MR) is 69.9 cm³/mol. The minimum atomic E-state index is -4.40. The van der Waals surface area contributed by atoms with Crippen LogP contribution in [0.3, 0.4) is 0 Å². The molecule has 2 aromatic rings. The number of alkyl halides is 3. The Bertz CT molecular complexity index is 680. The number of benzene rings is 1. The molecule has 116 valence electrons. The molecule has 0 spiro atoms. The smallest absolute Gasteiger partial charge is 0.378 e. The lowest BCUT2D eigenvalue weighted by molar-refractivity contribution is -0.137. The van der Waals surface area contributed by atoms with Gasteiger partial charge in [0.05, 0.1) is 11.8 Å². The van der Waals surface area contributed by atoms with Crippen molar-refractivity contribution in [3.63, 3.8) is 0 Å². The molecule has 2 rings (SSSR count).